The highest BCUT2D eigenvalue weighted by Crippen LogP contribution is 2.15. The first kappa shape index (κ1) is 10.8. The van der Waals surface area contributed by atoms with Crippen molar-refractivity contribution in [3.8, 4) is 5.75 Å². The summed E-state index contributed by atoms with van der Waals surface area (Å²) in [5.74, 6) is 0.951. The maximum atomic E-state index is 5.67. The molecule has 1 atom stereocenters. The van der Waals surface area contributed by atoms with Gasteiger partial charge in [0.15, 0.2) is 0 Å². The van der Waals surface area contributed by atoms with Gasteiger partial charge < -0.3 is 4.74 Å². The van der Waals surface area contributed by atoms with Crippen LogP contribution in [0.15, 0.2) is 30.3 Å². The zero-order chi connectivity index (χ0) is 10.4. The van der Waals surface area contributed by atoms with Crippen LogP contribution in [0.1, 0.15) is 32.8 Å². The Morgan fingerprint density at radius 2 is 1.93 bits per heavy atom. The van der Waals surface area contributed by atoms with Crippen LogP contribution >= 0.6 is 0 Å². The average Bonchev–Trinajstić information content (AvgIpc) is 2.21. The lowest BCUT2D eigenvalue weighted by molar-refractivity contribution is 0.217. The first-order valence-electron chi connectivity index (χ1n) is 5.15. The molecule has 0 fully saturated rings. The molecule has 1 aromatic carbocycles. The van der Waals surface area contributed by atoms with Crippen molar-refractivity contribution in [2.24, 2.45) is 0 Å². The molecule has 0 bridgehead atoms. The van der Waals surface area contributed by atoms with E-state index in [1.807, 2.05) is 25.1 Å². The molecule has 0 aliphatic rings. The Kier molecular flexibility index (Phi) is 4.24. The van der Waals surface area contributed by atoms with Gasteiger partial charge in [0.05, 0.1) is 6.10 Å². The van der Waals surface area contributed by atoms with E-state index >= 15 is 0 Å². The van der Waals surface area contributed by atoms with E-state index in [1.54, 1.807) is 0 Å². The zero-order valence-corrected chi connectivity index (χ0v) is 9.16. The maximum Gasteiger partial charge on any atom is 0.119 e. The standard InChI is InChI=1S/C13H18O/c1-4-6-12-7-9-13(10-8-12)14-11(3)5-2/h4,6-11H,5H2,1-3H3. The quantitative estimate of drug-likeness (QED) is 0.699. The van der Waals surface area contributed by atoms with Gasteiger partial charge >= 0.3 is 0 Å². The summed E-state index contributed by atoms with van der Waals surface area (Å²) in [5.41, 5.74) is 1.21. The zero-order valence-electron chi connectivity index (χ0n) is 9.16. The Labute approximate surface area is 86.4 Å². The fraction of sp³-hybridized carbons (Fsp3) is 0.385. The first-order chi connectivity index (χ1) is 6.76. The number of hydrogen-bond acceptors (Lipinski definition) is 1. The molecule has 0 saturated carbocycles. The molecule has 76 valence electrons. The number of ether oxygens (including phenoxy) is 1. The molecule has 1 nitrogen and oxygen atoms in total. The molecule has 0 aliphatic carbocycles. The van der Waals surface area contributed by atoms with Crippen LogP contribution in [0, 0.1) is 0 Å². The molecule has 0 aliphatic heterocycles. The van der Waals surface area contributed by atoms with Crippen LogP contribution < -0.4 is 4.74 Å². The predicted octanol–water partition coefficient (Wildman–Crippen LogP) is 3.90. The summed E-state index contributed by atoms with van der Waals surface area (Å²) in [6, 6.07) is 8.17. The SMILES string of the molecule is CC=Cc1ccc(OC(C)CC)cc1. The van der Waals surface area contributed by atoms with Crippen LogP contribution in [-0.2, 0) is 0 Å². The van der Waals surface area contributed by atoms with Gasteiger partial charge in [-0.3, -0.25) is 0 Å². The summed E-state index contributed by atoms with van der Waals surface area (Å²) in [7, 11) is 0. The third kappa shape index (κ3) is 3.25. The predicted molar refractivity (Wildman–Crippen MR) is 61.5 cm³/mol. The first-order valence-corrected chi connectivity index (χ1v) is 5.15. The molecular formula is C13H18O. The summed E-state index contributed by atoms with van der Waals surface area (Å²) in [5, 5.41) is 0. The van der Waals surface area contributed by atoms with Gasteiger partial charge in [-0.2, -0.15) is 0 Å². The van der Waals surface area contributed by atoms with Gasteiger partial charge in [0.1, 0.15) is 5.75 Å². The van der Waals surface area contributed by atoms with Crippen LogP contribution in [0.3, 0.4) is 0 Å². The second-order valence-corrected chi connectivity index (χ2v) is 3.41. The highest BCUT2D eigenvalue weighted by molar-refractivity contribution is 5.50. The van der Waals surface area contributed by atoms with E-state index < -0.39 is 0 Å². The topological polar surface area (TPSA) is 9.23 Å². The van der Waals surface area contributed by atoms with Crippen LogP contribution in [0.4, 0.5) is 0 Å². The fourth-order valence-electron chi connectivity index (χ4n) is 1.17. The molecule has 1 unspecified atom stereocenters. The normalized spacial score (nSPS) is 13.1. The van der Waals surface area contributed by atoms with E-state index in [1.165, 1.54) is 5.56 Å². The lowest BCUT2D eigenvalue weighted by Gasteiger charge is -2.12. The molecule has 0 heterocycles. The number of allylic oxidation sites excluding steroid dienone is 1. The van der Waals surface area contributed by atoms with Crippen LogP contribution in [0.25, 0.3) is 6.08 Å². The van der Waals surface area contributed by atoms with Gasteiger partial charge in [-0.25, -0.2) is 0 Å². The van der Waals surface area contributed by atoms with Crippen molar-refractivity contribution in [2.75, 3.05) is 0 Å². The summed E-state index contributed by atoms with van der Waals surface area (Å²) in [6.07, 6.45) is 5.44. The van der Waals surface area contributed by atoms with E-state index in [0.717, 1.165) is 12.2 Å². The minimum atomic E-state index is 0.294. The summed E-state index contributed by atoms with van der Waals surface area (Å²) < 4.78 is 5.67. The van der Waals surface area contributed by atoms with Crippen molar-refractivity contribution in [2.45, 2.75) is 33.3 Å². The number of benzene rings is 1. The molecule has 0 aromatic heterocycles. The van der Waals surface area contributed by atoms with Crippen molar-refractivity contribution in [3.05, 3.63) is 35.9 Å². The van der Waals surface area contributed by atoms with E-state index in [0.29, 0.717) is 6.10 Å². The highest BCUT2D eigenvalue weighted by Gasteiger charge is 1.99. The van der Waals surface area contributed by atoms with E-state index in [9.17, 15) is 0 Å². The molecule has 1 aromatic rings. The van der Waals surface area contributed by atoms with Gasteiger partial charge in [0.25, 0.3) is 0 Å². The van der Waals surface area contributed by atoms with Crippen molar-refractivity contribution in [3.63, 3.8) is 0 Å². The third-order valence-electron chi connectivity index (χ3n) is 2.15. The number of hydrogen-bond donors (Lipinski definition) is 0. The third-order valence-corrected chi connectivity index (χ3v) is 2.15. The van der Waals surface area contributed by atoms with E-state index in [-0.39, 0.29) is 0 Å². The Balaban J connectivity index is 2.63. The summed E-state index contributed by atoms with van der Waals surface area (Å²) in [6.45, 7) is 6.22. The van der Waals surface area contributed by atoms with Gasteiger partial charge in [-0.05, 0) is 38.0 Å². The second kappa shape index (κ2) is 5.48. The van der Waals surface area contributed by atoms with E-state index in [4.69, 9.17) is 4.74 Å². The smallest absolute Gasteiger partial charge is 0.119 e. The second-order valence-electron chi connectivity index (χ2n) is 3.41. The van der Waals surface area contributed by atoms with Crippen LogP contribution in [-0.4, -0.2) is 6.10 Å². The molecule has 1 rings (SSSR count). The van der Waals surface area contributed by atoms with Gasteiger partial charge in [-0.1, -0.05) is 31.2 Å². The molecule has 0 spiro atoms. The Hall–Kier alpha value is -1.24. The summed E-state index contributed by atoms with van der Waals surface area (Å²) in [4.78, 5) is 0. The Bertz CT molecular complexity index is 285. The fourth-order valence-corrected chi connectivity index (χ4v) is 1.17. The molecule has 0 saturated heterocycles. The Morgan fingerprint density at radius 3 is 2.43 bits per heavy atom. The van der Waals surface area contributed by atoms with Gasteiger partial charge in [0.2, 0.25) is 0 Å². The van der Waals surface area contributed by atoms with Gasteiger partial charge in [-0.15, -0.1) is 0 Å². The highest BCUT2D eigenvalue weighted by atomic mass is 16.5. The molecule has 0 N–H and O–H groups in total. The monoisotopic (exact) mass is 190 g/mol. The van der Waals surface area contributed by atoms with Crippen molar-refractivity contribution in [1.82, 2.24) is 0 Å². The van der Waals surface area contributed by atoms with Crippen LogP contribution in [0.5, 0.6) is 5.75 Å². The largest absolute Gasteiger partial charge is 0.491 e. The molecule has 0 amide bonds. The lowest BCUT2D eigenvalue weighted by atomic mass is 10.2. The molecule has 1 heteroatoms. The Morgan fingerprint density at radius 1 is 1.29 bits per heavy atom. The average molecular weight is 190 g/mol. The van der Waals surface area contributed by atoms with Crippen molar-refractivity contribution < 1.29 is 4.74 Å². The minimum absolute atomic E-state index is 0.294. The molecule has 14 heavy (non-hydrogen) atoms. The van der Waals surface area contributed by atoms with Crippen LogP contribution in [0.2, 0.25) is 0 Å². The number of rotatable bonds is 4. The van der Waals surface area contributed by atoms with Crippen molar-refractivity contribution >= 4 is 6.08 Å². The van der Waals surface area contributed by atoms with Gasteiger partial charge in [0, 0.05) is 0 Å². The lowest BCUT2D eigenvalue weighted by Crippen LogP contribution is -2.09. The molecule has 0 radical (unpaired) electrons. The molecular weight excluding hydrogens is 172 g/mol. The maximum absolute atomic E-state index is 5.67. The summed E-state index contributed by atoms with van der Waals surface area (Å²) >= 11 is 0. The van der Waals surface area contributed by atoms with Crippen molar-refractivity contribution in [1.29, 1.82) is 0 Å². The minimum Gasteiger partial charge on any atom is -0.491 e. The van der Waals surface area contributed by atoms with E-state index in [2.05, 4.69) is 32.1 Å².